The molecule has 0 aromatic heterocycles. The highest BCUT2D eigenvalue weighted by atomic mass is 16.5. The van der Waals surface area contributed by atoms with Gasteiger partial charge in [-0.3, -0.25) is 4.79 Å². The van der Waals surface area contributed by atoms with Crippen LogP contribution in [0.25, 0.3) is 0 Å². The molecule has 0 spiro atoms. The van der Waals surface area contributed by atoms with Gasteiger partial charge >= 0.3 is 0 Å². The van der Waals surface area contributed by atoms with E-state index in [9.17, 15) is 4.79 Å². The standard InChI is InChI=1S/C15H22N2O2/c1-11-9-12(2)17(10-11)15(18)7-8-19-14-6-4-3-5-13(14)16/h3-6,11-12H,7-10,16H2,1-2H3. The first-order valence-corrected chi connectivity index (χ1v) is 6.84. The summed E-state index contributed by atoms with van der Waals surface area (Å²) in [5.41, 5.74) is 6.39. The first-order chi connectivity index (χ1) is 9.08. The second kappa shape index (κ2) is 5.95. The molecule has 0 radical (unpaired) electrons. The van der Waals surface area contributed by atoms with Crippen LogP contribution in [-0.4, -0.2) is 30.0 Å². The van der Waals surface area contributed by atoms with E-state index in [1.165, 1.54) is 0 Å². The number of carbonyl (C=O) groups excluding carboxylic acids is 1. The minimum Gasteiger partial charge on any atom is -0.491 e. The number of nitrogen functional groups attached to an aromatic ring is 1. The van der Waals surface area contributed by atoms with Crippen LogP contribution in [0.2, 0.25) is 0 Å². The fraction of sp³-hybridized carbons (Fsp3) is 0.533. The lowest BCUT2D eigenvalue weighted by Crippen LogP contribution is -2.34. The molecule has 0 aliphatic carbocycles. The van der Waals surface area contributed by atoms with Crippen molar-refractivity contribution in [1.82, 2.24) is 4.90 Å². The molecule has 4 heteroatoms. The second-order valence-electron chi connectivity index (χ2n) is 5.37. The summed E-state index contributed by atoms with van der Waals surface area (Å²) in [4.78, 5) is 14.1. The number of anilines is 1. The third-order valence-corrected chi connectivity index (χ3v) is 3.60. The molecule has 1 heterocycles. The van der Waals surface area contributed by atoms with Crippen molar-refractivity contribution in [1.29, 1.82) is 0 Å². The molecule has 1 amide bonds. The fourth-order valence-electron chi connectivity index (χ4n) is 2.65. The van der Waals surface area contributed by atoms with Gasteiger partial charge < -0.3 is 15.4 Å². The normalized spacial score (nSPS) is 22.5. The summed E-state index contributed by atoms with van der Waals surface area (Å²) in [5, 5.41) is 0. The maximum atomic E-state index is 12.1. The first kappa shape index (κ1) is 13.7. The molecule has 0 bridgehead atoms. The molecule has 2 rings (SSSR count). The molecule has 1 fully saturated rings. The first-order valence-electron chi connectivity index (χ1n) is 6.84. The highest BCUT2D eigenvalue weighted by Gasteiger charge is 2.29. The van der Waals surface area contributed by atoms with Crippen LogP contribution in [0.15, 0.2) is 24.3 Å². The lowest BCUT2D eigenvalue weighted by Gasteiger charge is -2.21. The second-order valence-corrected chi connectivity index (χ2v) is 5.37. The Hall–Kier alpha value is -1.71. The van der Waals surface area contributed by atoms with Crippen LogP contribution in [0.4, 0.5) is 5.69 Å². The van der Waals surface area contributed by atoms with E-state index in [2.05, 4.69) is 13.8 Å². The smallest absolute Gasteiger partial charge is 0.226 e. The Kier molecular flexibility index (Phi) is 4.30. The zero-order chi connectivity index (χ0) is 13.8. The van der Waals surface area contributed by atoms with Crippen molar-refractivity contribution in [3.8, 4) is 5.75 Å². The van der Waals surface area contributed by atoms with Gasteiger partial charge in [-0.1, -0.05) is 19.1 Å². The van der Waals surface area contributed by atoms with Crippen molar-refractivity contribution in [3.05, 3.63) is 24.3 Å². The number of likely N-dealkylation sites (tertiary alicyclic amines) is 1. The topological polar surface area (TPSA) is 55.6 Å². The number of hydrogen-bond donors (Lipinski definition) is 1. The van der Waals surface area contributed by atoms with Crippen LogP contribution in [0, 0.1) is 5.92 Å². The lowest BCUT2D eigenvalue weighted by molar-refractivity contribution is -0.132. The van der Waals surface area contributed by atoms with E-state index in [4.69, 9.17) is 10.5 Å². The Morgan fingerprint density at radius 2 is 2.16 bits per heavy atom. The molecule has 1 aromatic carbocycles. The lowest BCUT2D eigenvalue weighted by atomic mass is 10.1. The van der Waals surface area contributed by atoms with Crippen LogP contribution in [-0.2, 0) is 4.79 Å². The third-order valence-electron chi connectivity index (χ3n) is 3.60. The van der Waals surface area contributed by atoms with Gasteiger partial charge in [-0.25, -0.2) is 0 Å². The van der Waals surface area contributed by atoms with Gasteiger partial charge in [0.15, 0.2) is 0 Å². The van der Waals surface area contributed by atoms with Crippen LogP contribution >= 0.6 is 0 Å². The number of benzene rings is 1. The largest absolute Gasteiger partial charge is 0.491 e. The quantitative estimate of drug-likeness (QED) is 0.847. The van der Waals surface area contributed by atoms with E-state index in [0.717, 1.165) is 13.0 Å². The van der Waals surface area contributed by atoms with Crippen LogP contribution in [0.5, 0.6) is 5.75 Å². The Morgan fingerprint density at radius 3 is 2.79 bits per heavy atom. The van der Waals surface area contributed by atoms with Gasteiger partial charge in [-0.15, -0.1) is 0 Å². The average molecular weight is 262 g/mol. The number of nitrogens with zero attached hydrogens (tertiary/aromatic N) is 1. The maximum Gasteiger partial charge on any atom is 0.226 e. The molecule has 0 saturated carbocycles. The summed E-state index contributed by atoms with van der Waals surface area (Å²) in [5.74, 6) is 1.43. The van der Waals surface area contributed by atoms with Crippen molar-refractivity contribution in [3.63, 3.8) is 0 Å². The fourth-order valence-corrected chi connectivity index (χ4v) is 2.65. The Labute approximate surface area is 114 Å². The molecule has 104 valence electrons. The van der Waals surface area contributed by atoms with E-state index in [0.29, 0.717) is 36.4 Å². The average Bonchev–Trinajstić information content (AvgIpc) is 2.71. The molecule has 2 atom stereocenters. The number of hydrogen-bond acceptors (Lipinski definition) is 3. The zero-order valence-electron chi connectivity index (χ0n) is 11.6. The summed E-state index contributed by atoms with van der Waals surface area (Å²) >= 11 is 0. The third kappa shape index (κ3) is 3.40. The van der Waals surface area contributed by atoms with E-state index in [1.807, 2.05) is 23.1 Å². The van der Waals surface area contributed by atoms with Crippen LogP contribution in [0.3, 0.4) is 0 Å². The molecular formula is C15H22N2O2. The molecule has 2 N–H and O–H groups in total. The highest BCUT2D eigenvalue weighted by molar-refractivity contribution is 5.77. The summed E-state index contributed by atoms with van der Waals surface area (Å²) in [7, 11) is 0. The van der Waals surface area contributed by atoms with Gasteiger partial charge in [0, 0.05) is 12.6 Å². The molecule has 1 aliphatic heterocycles. The number of ether oxygens (including phenoxy) is 1. The van der Waals surface area contributed by atoms with Crippen molar-refractivity contribution >= 4 is 11.6 Å². The van der Waals surface area contributed by atoms with Crippen LogP contribution < -0.4 is 10.5 Å². The summed E-state index contributed by atoms with van der Waals surface area (Å²) in [6.07, 6.45) is 1.50. The van der Waals surface area contributed by atoms with Crippen LogP contribution in [0.1, 0.15) is 26.7 Å². The molecule has 1 aromatic rings. The van der Waals surface area contributed by atoms with Gasteiger partial charge in [0.25, 0.3) is 0 Å². The zero-order valence-corrected chi connectivity index (χ0v) is 11.6. The number of rotatable bonds is 4. The van der Waals surface area contributed by atoms with Gasteiger partial charge in [-0.05, 0) is 31.4 Å². The van der Waals surface area contributed by atoms with Gasteiger partial charge in [0.2, 0.25) is 5.91 Å². The number of amides is 1. The van der Waals surface area contributed by atoms with Crippen molar-refractivity contribution in [2.45, 2.75) is 32.7 Å². The summed E-state index contributed by atoms with van der Waals surface area (Å²) in [6.45, 7) is 5.54. The van der Waals surface area contributed by atoms with E-state index in [1.54, 1.807) is 6.07 Å². The van der Waals surface area contributed by atoms with Crippen molar-refractivity contribution in [2.24, 2.45) is 5.92 Å². The van der Waals surface area contributed by atoms with Gasteiger partial charge in [0.1, 0.15) is 5.75 Å². The number of nitrogens with two attached hydrogens (primary N) is 1. The minimum atomic E-state index is 0.173. The maximum absolute atomic E-state index is 12.1. The Balaban J connectivity index is 1.80. The molecule has 19 heavy (non-hydrogen) atoms. The van der Waals surface area contributed by atoms with E-state index < -0.39 is 0 Å². The van der Waals surface area contributed by atoms with E-state index >= 15 is 0 Å². The minimum absolute atomic E-state index is 0.173. The van der Waals surface area contributed by atoms with Gasteiger partial charge in [0.05, 0.1) is 18.7 Å². The summed E-state index contributed by atoms with van der Waals surface area (Å²) < 4.78 is 5.56. The number of carbonyl (C=O) groups is 1. The van der Waals surface area contributed by atoms with Crippen molar-refractivity contribution < 1.29 is 9.53 Å². The molecule has 1 saturated heterocycles. The predicted molar refractivity (Wildman–Crippen MR) is 75.9 cm³/mol. The predicted octanol–water partition coefficient (Wildman–Crippen LogP) is 2.29. The molecule has 1 aliphatic rings. The Morgan fingerprint density at radius 1 is 1.42 bits per heavy atom. The summed E-state index contributed by atoms with van der Waals surface area (Å²) in [6, 6.07) is 7.70. The van der Waals surface area contributed by atoms with E-state index in [-0.39, 0.29) is 5.91 Å². The molecule has 4 nitrogen and oxygen atoms in total. The SMILES string of the molecule is CC1CC(C)N(C(=O)CCOc2ccccc2N)C1. The molecular weight excluding hydrogens is 240 g/mol. The molecule has 2 unspecified atom stereocenters. The monoisotopic (exact) mass is 262 g/mol. The highest BCUT2D eigenvalue weighted by Crippen LogP contribution is 2.23. The van der Waals surface area contributed by atoms with Crippen molar-refractivity contribution in [2.75, 3.05) is 18.9 Å². The Bertz CT molecular complexity index is 448. The van der Waals surface area contributed by atoms with Gasteiger partial charge in [-0.2, -0.15) is 0 Å². The number of para-hydroxylation sites is 2.